The molecule has 0 saturated carbocycles. The van der Waals surface area contributed by atoms with Gasteiger partial charge in [-0.25, -0.2) is 4.79 Å². The third-order valence-electron chi connectivity index (χ3n) is 2.38. The molecule has 1 heterocycles. The van der Waals surface area contributed by atoms with Gasteiger partial charge in [-0.2, -0.15) is 0 Å². The summed E-state index contributed by atoms with van der Waals surface area (Å²) in [5.41, 5.74) is 0. The first-order chi connectivity index (χ1) is 7.11. The van der Waals surface area contributed by atoms with Gasteiger partial charge < -0.3 is 15.3 Å². The van der Waals surface area contributed by atoms with Crippen molar-refractivity contribution in [2.24, 2.45) is 0 Å². The number of β-amino-alcohol motifs (C(OH)–C–C–N with tert-alkyl or cyclic N) is 1. The molecule has 6 heteroatoms. The Balaban J connectivity index is 2.14. The molecule has 0 aromatic carbocycles. The lowest BCUT2D eigenvalue weighted by Gasteiger charge is -2.13. The van der Waals surface area contributed by atoms with E-state index in [1.54, 1.807) is 0 Å². The van der Waals surface area contributed by atoms with Crippen LogP contribution in [-0.4, -0.2) is 54.7 Å². The van der Waals surface area contributed by atoms with Crippen LogP contribution in [-0.2, 0) is 4.79 Å². The van der Waals surface area contributed by atoms with Crippen molar-refractivity contribution in [1.29, 1.82) is 0 Å². The van der Waals surface area contributed by atoms with Crippen LogP contribution < -0.4 is 10.6 Å². The molecule has 3 N–H and O–H groups in total. The van der Waals surface area contributed by atoms with Gasteiger partial charge in [0.15, 0.2) is 0 Å². The lowest BCUT2D eigenvalue weighted by atomic mass is 10.3. The average molecular weight is 215 g/mol. The van der Waals surface area contributed by atoms with Gasteiger partial charge >= 0.3 is 6.03 Å². The highest BCUT2D eigenvalue weighted by molar-refractivity contribution is 5.94. The molecule has 0 aromatic rings. The number of nitrogens with zero attached hydrogens (tertiary/aromatic N) is 1. The number of imide groups is 1. The van der Waals surface area contributed by atoms with Crippen molar-refractivity contribution in [2.45, 2.75) is 18.9 Å². The van der Waals surface area contributed by atoms with E-state index in [0.29, 0.717) is 13.1 Å². The van der Waals surface area contributed by atoms with Crippen LogP contribution in [0.3, 0.4) is 0 Å². The molecule has 6 nitrogen and oxygen atoms in total. The van der Waals surface area contributed by atoms with E-state index < -0.39 is 6.03 Å². The molecule has 1 rings (SSSR count). The van der Waals surface area contributed by atoms with E-state index in [1.807, 2.05) is 4.90 Å². The Bertz CT molecular complexity index is 245. The summed E-state index contributed by atoms with van der Waals surface area (Å²) in [5.74, 6) is -0.296. The number of rotatable bonds is 3. The molecule has 1 atom stereocenters. The van der Waals surface area contributed by atoms with Crippen LogP contribution >= 0.6 is 0 Å². The smallest absolute Gasteiger partial charge is 0.321 e. The number of urea groups is 1. The second kappa shape index (κ2) is 5.67. The quantitative estimate of drug-likeness (QED) is 0.558. The van der Waals surface area contributed by atoms with Crippen molar-refractivity contribution in [2.75, 3.05) is 26.7 Å². The Kier molecular flexibility index (Phi) is 4.51. The Morgan fingerprint density at radius 2 is 2.27 bits per heavy atom. The highest BCUT2D eigenvalue weighted by atomic mass is 16.3. The van der Waals surface area contributed by atoms with E-state index in [2.05, 4.69) is 10.6 Å². The summed E-state index contributed by atoms with van der Waals surface area (Å²) in [5, 5.41) is 13.7. The normalized spacial score (nSPS) is 21.3. The Labute approximate surface area is 88.6 Å². The minimum atomic E-state index is -0.485. The number of carbonyl (C=O) groups is 2. The molecule has 0 aromatic heterocycles. The zero-order valence-electron chi connectivity index (χ0n) is 8.82. The van der Waals surface area contributed by atoms with Gasteiger partial charge in [0.2, 0.25) is 5.91 Å². The van der Waals surface area contributed by atoms with Crippen LogP contribution in [0.1, 0.15) is 12.8 Å². The van der Waals surface area contributed by atoms with Gasteiger partial charge in [-0.1, -0.05) is 0 Å². The van der Waals surface area contributed by atoms with Crippen LogP contribution in [0.2, 0.25) is 0 Å². The number of aliphatic hydroxyl groups excluding tert-OH is 1. The molecule has 0 aliphatic carbocycles. The van der Waals surface area contributed by atoms with Gasteiger partial charge in [0, 0.05) is 33.1 Å². The highest BCUT2D eigenvalue weighted by Crippen LogP contribution is 2.08. The molecule has 1 aliphatic rings. The van der Waals surface area contributed by atoms with Gasteiger partial charge in [0.1, 0.15) is 0 Å². The number of hydrogen-bond acceptors (Lipinski definition) is 4. The summed E-state index contributed by atoms with van der Waals surface area (Å²) in [7, 11) is 1.46. The first-order valence-corrected chi connectivity index (χ1v) is 5.04. The largest absolute Gasteiger partial charge is 0.392 e. The minimum Gasteiger partial charge on any atom is -0.392 e. The molecule has 1 aliphatic heterocycles. The van der Waals surface area contributed by atoms with Gasteiger partial charge in [0.25, 0.3) is 0 Å². The number of amides is 3. The summed E-state index contributed by atoms with van der Waals surface area (Å²) in [6, 6.07) is -0.485. The summed E-state index contributed by atoms with van der Waals surface area (Å²) in [6.07, 6.45) is 0.768. The Morgan fingerprint density at radius 1 is 1.53 bits per heavy atom. The van der Waals surface area contributed by atoms with E-state index >= 15 is 0 Å². The van der Waals surface area contributed by atoms with Crippen LogP contribution in [0.15, 0.2) is 0 Å². The second-order valence-corrected chi connectivity index (χ2v) is 3.62. The van der Waals surface area contributed by atoms with E-state index in [0.717, 1.165) is 13.0 Å². The number of likely N-dealkylation sites (tertiary alicyclic amines) is 1. The first kappa shape index (κ1) is 11.9. The predicted octanol–water partition coefficient (Wildman–Crippen LogP) is -1.10. The fourth-order valence-electron chi connectivity index (χ4n) is 1.53. The standard InChI is InChI=1S/C9H17N3O3/c1-10-9(15)11-8(14)3-5-12-4-2-7(13)6-12/h7,13H,2-6H2,1H3,(H2,10,11,14,15). The number of nitrogens with one attached hydrogen (secondary N) is 2. The van der Waals surface area contributed by atoms with Gasteiger partial charge in [-0.3, -0.25) is 10.1 Å². The molecule has 0 radical (unpaired) electrons. The zero-order chi connectivity index (χ0) is 11.3. The predicted molar refractivity (Wildman–Crippen MR) is 54.3 cm³/mol. The maximum atomic E-state index is 11.2. The molecule has 86 valence electrons. The third kappa shape index (κ3) is 4.26. The van der Waals surface area contributed by atoms with Gasteiger partial charge in [-0.05, 0) is 6.42 Å². The summed E-state index contributed by atoms with van der Waals surface area (Å²) < 4.78 is 0. The van der Waals surface area contributed by atoms with Crippen molar-refractivity contribution in [3.05, 3.63) is 0 Å². The van der Waals surface area contributed by atoms with Crippen molar-refractivity contribution in [3.8, 4) is 0 Å². The molecule has 1 saturated heterocycles. The number of carbonyl (C=O) groups excluding carboxylic acids is 2. The second-order valence-electron chi connectivity index (χ2n) is 3.62. The molecular weight excluding hydrogens is 198 g/mol. The lowest BCUT2D eigenvalue weighted by molar-refractivity contribution is -0.120. The van der Waals surface area contributed by atoms with Gasteiger partial charge in [-0.15, -0.1) is 0 Å². The molecule has 1 unspecified atom stereocenters. The molecule has 15 heavy (non-hydrogen) atoms. The monoisotopic (exact) mass is 215 g/mol. The summed E-state index contributed by atoms with van der Waals surface area (Å²) in [4.78, 5) is 24.0. The van der Waals surface area contributed by atoms with Crippen molar-refractivity contribution >= 4 is 11.9 Å². The Hall–Kier alpha value is -1.14. The minimum absolute atomic E-state index is 0.271. The molecular formula is C9H17N3O3. The van der Waals surface area contributed by atoms with E-state index in [1.165, 1.54) is 7.05 Å². The summed E-state index contributed by atoms with van der Waals surface area (Å²) >= 11 is 0. The van der Waals surface area contributed by atoms with Crippen LogP contribution in [0.25, 0.3) is 0 Å². The van der Waals surface area contributed by atoms with Crippen molar-refractivity contribution in [1.82, 2.24) is 15.5 Å². The average Bonchev–Trinajstić information content (AvgIpc) is 2.61. The van der Waals surface area contributed by atoms with Crippen molar-refractivity contribution < 1.29 is 14.7 Å². The maximum Gasteiger partial charge on any atom is 0.321 e. The van der Waals surface area contributed by atoms with E-state index in [4.69, 9.17) is 0 Å². The third-order valence-corrected chi connectivity index (χ3v) is 2.38. The SMILES string of the molecule is CNC(=O)NC(=O)CCN1CCC(O)C1. The fourth-order valence-corrected chi connectivity index (χ4v) is 1.53. The van der Waals surface area contributed by atoms with Crippen LogP contribution in [0.5, 0.6) is 0 Å². The number of hydrogen-bond donors (Lipinski definition) is 3. The Morgan fingerprint density at radius 3 is 2.80 bits per heavy atom. The topological polar surface area (TPSA) is 81.7 Å². The first-order valence-electron chi connectivity index (χ1n) is 5.04. The van der Waals surface area contributed by atoms with Crippen LogP contribution in [0, 0.1) is 0 Å². The zero-order valence-corrected chi connectivity index (χ0v) is 8.82. The van der Waals surface area contributed by atoms with Gasteiger partial charge in [0.05, 0.1) is 6.10 Å². The molecule has 3 amide bonds. The molecule has 0 bridgehead atoms. The molecule has 0 spiro atoms. The van der Waals surface area contributed by atoms with Crippen molar-refractivity contribution in [3.63, 3.8) is 0 Å². The fraction of sp³-hybridized carbons (Fsp3) is 0.778. The highest BCUT2D eigenvalue weighted by Gasteiger charge is 2.20. The van der Waals surface area contributed by atoms with E-state index in [9.17, 15) is 14.7 Å². The lowest BCUT2D eigenvalue weighted by Crippen LogP contribution is -2.39. The van der Waals surface area contributed by atoms with Crippen LogP contribution in [0.4, 0.5) is 4.79 Å². The molecule has 1 fully saturated rings. The summed E-state index contributed by atoms with van der Waals surface area (Å²) in [6.45, 7) is 2.02. The maximum absolute atomic E-state index is 11.2. The number of aliphatic hydroxyl groups is 1. The van der Waals surface area contributed by atoms with E-state index in [-0.39, 0.29) is 18.4 Å².